The van der Waals surface area contributed by atoms with Crippen LogP contribution in [-0.4, -0.2) is 26.9 Å². The van der Waals surface area contributed by atoms with Crippen LogP contribution in [0.3, 0.4) is 0 Å². The molecule has 6 heteroatoms. The maximum absolute atomic E-state index is 11.5. The van der Waals surface area contributed by atoms with Crippen molar-refractivity contribution in [1.29, 1.82) is 0 Å². The van der Waals surface area contributed by atoms with Crippen LogP contribution in [0, 0.1) is 5.41 Å². The SMILES string of the molecule is CC(C)(CNS(=O)[O-])C1=CC(=O)C=CC1=O. The van der Waals surface area contributed by atoms with Gasteiger partial charge in [0.05, 0.1) is 0 Å². The normalized spacial score (nSPS) is 18.6. The highest BCUT2D eigenvalue weighted by Crippen LogP contribution is 2.28. The maximum atomic E-state index is 11.5. The molecule has 0 aromatic heterocycles. The number of allylic oxidation sites excluding steroid dienone is 3. The van der Waals surface area contributed by atoms with E-state index in [1.54, 1.807) is 13.8 Å². The van der Waals surface area contributed by atoms with Crippen molar-refractivity contribution in [2.24, 2.45) is 5.41 Å². The van der Waals surface area contributed by atoms with Crippen LogP contribution in [0.4, 0.5) is 0 Å². The van der Waals surface area contributed by atoms with E-state index in [-0.39, 0.29) is 18.1 Å². The van der Waals surface area contributed by atoms with Gasteiger partial charge in [0.2, 0.25) is 0 Å². The van der Waals surface area contributed by atoms with Crippen molar-refractivity contribution in [1.82, 2.24) is 4.72 Å². The standard InChI is InChI=1S/C10H13NO4S/c1-10(2,6-11-16(14)15)8-5-7(12)3-4-9(8)13/h3-5,11H,6H2,1-2H3,(H,14,15)/p-1. The second-order valence-electron chi connectivity index (χ2n) is 4.10. The Balaban J connectivity index is 2.86. The number of ketones is 2. The van der Waals surface area contributed by atoms with E-state index in [0.29, 0.717) is 5.57 Å². The van der Waals surface area contributed by atoms with E-state index in [1.165, 1.54) is 18.2 Å². The van der Waals surface area contributed by atoms with Gasteiger partial charge in [-0.05, 0) is 18.2 Å². The average molecular weight is 242 g/mol. The van der Waals surface area contributed by atoms with E-state index in [1.807, 2.05) is 0 Å². The van der Waals surface area contributed by atoms with Crippen LogP contribution in [0.5, 0.6) is 0 Å². The van der Waals surface area contributed by atoms with Crippen LogP contribution in [-0.2, 0) is 20.9 Å². The lowest BCUT2D eigenvalue weighted by molar-refractivity contribution is -0.115. The fraction of sp³-hybridized carbons (Fsp3) is 0.400. The largest absolute Gasteiger partial charge is 0.760 e. The molecule has 0 bridgehead atoms. The number of nitrogens with one attached hydrogen (secondary N) is 1. The van der Waals surface area contributed by atoms with E-state index in [2.05, 4.69) is 4.72 Å². The Morgan fingerprint density at radius 1 is 1.38 bits per heavy atom. The molecule has 0 radical (unpaired) electrons. The first-order chi connectivity index (χ1) is 7.33. The molecule has 1 aliphatic rings. The van der Waals surface area contributed by atoms with Gasteiger partial charge in [-0.25, -0.2) is 4.72 Å². The zero-order valence-electron chi connectivity index (χ0n) is 8.98. The first kappa shape index (κ1) is 13.0. The number of hydrogen-bond acceptors (Lipinski definition) is 4. The Kier molecular flexibility index (Phi) is 3.90. The van der Waals surface area contributed by atoms with Gasteiger partial charge in [0.1, 0.15) is 0 Å². The summed E-state index contributed by atoms with van der Waals surface area (Å²) in [6.07, 6.45) is 3.65. The van der Waals surface area contributed by atoms with E-state index in [0.717, 1.165) is 0 Å². The van der Waals surface area contributed by atoms with Crippen LogP contribution in [0.1, 0.15) is 13.8 Å². The molecule has 0 aromatic carbocycles. The smallest absolute Gasteiger partial charge is 0.182 e. The molecule has 0 aliphatic heterocycles. The van der Waals surface area contributed by atoms with Crippen molar-refractivity contribution < 1.29 is 18.4 Å². The van der Waals surface area contributed by atoms with Crippen LogP contribution in [0.2, 0.25) is 0 Å². The lowest BCUT2D eigenvalue weighted by atomic mass is 9.79. The van der Waals surface area contributed by atoms with Crippen LogP contribution in [0.15, 0.2) is 23.8 Å². The summed E-state index contributed by atoms with van der Waals surface area (Å²) in [7, 11) is 0. The summed E-state index contributed by atoms with van der Waals surface area (Å²) >= 11 is -2.38. The van der Waals surface area contributed by atoms with Crippen LogP contribution >= 0.6 is 0 Å². The number of rotatable bonds is 4. The summed E-state index contributed by atoms with van der Waals surface area (Å²) in [5, 5.41) is 0. The molecule has 1 N–H and O–H groups in total. The quantitative estimate of drug-likeness (QED) is 0.556. The molecular formula is C10H12NO4S-. The Hall–Kier alpha value is -1.11. The summed E-state index contributed by atoms with van der Waals surface area (Å²) in [6, 6.07) is 0. The predicted octanol–water partition coefficient (Wildman–Crippen LogP) is 0.0307. The first-order valence-electron chi connectivity index (χ1n) is 4.64. The minimum absolute atomic E-state index is 0.0712. The molecule has 1 aliphatic carbocycles. The molecule has 0 saturated heterocycles. The summed E-state index contributed by atoms with van der Waals surface area (Å²) in [5.41, 5.74) is -0.393. The highest BCUT2D eigenvalue weighted by molar-refractivity contribution is 7.77. The van der Waals surface area contributed by atoms with Crippen LogP contribution in [0.25, 0.3) is 0 Å². The lowest BCUT2D eigenvalue weighted by Gasteiger charge is -2.28. The van der Waals surface area contributed by atoms with Crippen molar-refractivity contribution in [2.75, 3.05) is 6.54 Å². The molecule has 1 atom stereocenters. The molecule has 0 amide bonds. The third-order valence-corrected chi connectivity index (χ3v) is 2.69. The van der Waals surface area contributed by atoms with Crippen molar-refractivity contribution in [3.8, 4) is 0 Å². The van der Waals surface area contributed by atoms with Gasteiger partial charge in [-0.2, -0.15) is 0 Å². The average Bonchev–Trinajstić information content (AvgIpc) is 2.19. The summed E-state index contributed by atoms with van der Waals surface area (Å²) < 4.78 is 23.0. The minimum Gasteiger partial charge on any atom is -0.760 e. The third-order valence-electron chi connectivity index (χ3n) is 2.31. The number of hydrogen-bond donors (Lipinski definition) is 1. The molecule has 5 nitrogen and oxygen atoms in total. The predicted molar refractivity (Wildman–Crippen MR) is 57.9 cm³/mol. The molecule has 0 saturated carbocycles. The maximum Gasteiger partial charge on any atom is 0.182 e. The van der Waals surface area contributed by atoms with Crippen molar-refractivity contribution in [3.63, 3.8) is 0 Å². The Morgan fingerprint density at radius 2 is 2.00 bits per heavy atom. The fourth-order valence-electron chi connectivity index (χ4n) is 1.37. The summed E-state index contributed by atoms with van der Waals surface area (Å²) in [6.45, 7) is 3.47. The van der Waals surface area contributed by atoms with Gasteiger partial charge < -0.3 is 4.55 Å². The molecule has 0 fully saturated rings. The zero-order valence-corrected chi connectivity index (χ0v) is 9.80. The molecule has 1 unspecified atom stereocenters. The Bertz CT molecular complexity index is 409. The van der Waals surface area contributed by atoms with Gasteiger partial charge in [-0.1, -0.05) is 13.8 Å². The van der Waals surface area contributed by atoms with E-state index < -0.39 is 16.7 Å². The molecule has 0 spiro atoms. The second-order valence-corrected chi connectivity index (χ2v) is 4.86. The van der Waals surface area contributed by atoms with Gasteiger partial charge in [0, 0.05) is 28.8 Å². The molecule has 0 heterocycles. The summed E-state index contributed by atoms with van der Waals surface area (Å²) in [4.78, 5) is 22.7. The topological polar surface area (TPSA) is 86.3 Å². The van der Waals surface area contributed by atoms with E-state index in [9.17, 15) is 18.4 Å². The van der Waals surface area contributed by atoms with E-state index >= 15 is 0 Å². The molecule has 1 rings (SSSR count). The second kappa shape index (κ2) is 4.82. The van der Waals surface area contributed by atoms with Gasteiger partial charge in [0.15, 0.2) is 11.6 Å². The zero-order chi connectivity index (χ0) is 12.3. The van der Waals surface area contributed by atoms with Gasteiger partial charge >= 0.3 is 0 Å². The monoisotopic (exact) mass is 242 g/mol. The molecule has 16 heavy (non-hydrogen) atoms. The highest BCUT2D eigenvalue weighted by atomic mass is 32.2. The molecule has 88 valence electrons. The molecular weight excluding hydrogens is 230 g/mol. The lowest BCUT2D eigenvalue weighted by Crippen LogP contribution is -2.35. The highest BCUT2D eigenvalue weighted by Gasteiger charge is 2.29. The van der Waals surface area contributed by atoms with Gasteiger partial charge in [-0.3, -0.25) is 13.8 Å². The Labute approximate surface area is 96.0 Å². The summed E-state index contributed by atoms with van der Waals surface area (Å²) in [5.74, 6) is -0.519. The number of carbonyl (C=O) groups excluding carboxylic acids is 2. The van der Waals surface area contributed by atoms with Gasteiger partial charge in [-0.15, -0.1) is 0 Å². The van der Waals surface area contributed by atoms with Crippen molar-refractivity contribution in [2.45, 2.75) is 13.8 Å². The fourth-order valence-corrected chi connectivity index (χ4v) is 1.85. The van der Waals surface area contributed by atoms with Crippen LogP contribution < -0.4 is 4.72 Å². The number of carbonyl (C=O) groups is 2. The van der Waals surface area contributed by atoms with Crippen molar-refractivity contribution in [3.05, 3.63) is 23.8 Å². The van der Waals surface area contributed by atoms with Crippen molar-refractivity contribution >= 4 is 22.8 Å². The minimum atomic E-state index is -2.38. The third kappa shape index (κ3) is 3.19. The molecule has 0 aromatic rings. The Morgan fingerprint density at radius 3 is 2.56 bits per heavy atom. The van der Waals surface area contributed by atoms with E-state index in [4.69, 9.17) is 0 Å². The first-order valence-corrected chi connectivity index (χ1v) is 5.72. The van der Waals surface area contributed by atoms with Gasteiger partial charge in [0.25, 0.3) is 0 Å².